The van der Waals surface area contributed by atoms with Gasteiger partial charge < -0.3 is 10.6 Å². The van der Waals surface area contributed by atoms with E-state index in [4.69, 9.17) is 5.73 Å². The predicted molar refractivity (Wildman–Crippen MR) is 75.2 cm³/mol. The quantitative estimate of drug-likeness (QED) is 0.737. The van der Waals surface area contributed by atoms with Crippen molar-refractivity contribution in [3.8, 4) is 0 Å². The van der Waals surface area contributed by atoms with Gasteiger partial charge in [-0.3, -0.25) is 4.90 Å². The second-order valence-electron chi connectivity index (χ2n) is 6.01. The maximum atomic E-state index is 6.09. The lowest BCUT2D eigenvalue weighted by Crippen LogP contribution is -2.52. The number of nitrogens with zero attached hydrogens (tertiary/aromatic N) is 2. The molecule has 0 aliphatic heterocycles. The molecule has 3 nitrogen and oxygen atoms in total. The maximum absolute atomic E-state index is 6.09. The molecule has 0 aromatic heterocycles. The van der Waals surface area contributed by atoms with Gasteiger partial charge in [-0.05, 0) is 65.3 Å². The van der Waals surface area contributed by atoms with Crippen molar-refractivity contribution in [3.05, 3.63) is 0 Å². The molecule has 1 aliphatic carbocycles. The summed E-state index contributed by atoms with van der Waals surface area (Å²) in [7, 11) is 4.29. The zero-order valence-corrected chi connectivity index (χ0v) is 12.2. The molecular formula is C14H31N3. The highest BCUT2D eigenvalue weighted by Gasteiger charge is 2.40. The summed E-state index contributed by atoms with van der Waals surface area (Å²) in [5.74, 6) is 0.849. The number of nitrogens with two attached hydrogens (primary N) is 1. The predicted octanol–water partition coefficient (Wildman–Crippen LogP) is 1.78. The zero-order valence-electron chi connectivity index (χ0n) is 12.2. The minimum Gasteiger partial charge on any atom is -0.329 e. The maximum Gasteiger partial charge on any atom is 0.0334 e. The highest BCUT2D eigenvalue weighted by Crippen LogP contribution is 2.38. The fourth-order valence-electron chi connectivity index (χ4n) is 3.28. The molecular weight excluding hydrogens is 210 g/mol. The van der Waals surface area contributed by atoms with Gasteiger partial charge in [-0.2, -0.15) is 0 Å². The summed E-state index contributed by atoms with van der Waals surface area (Å²) < 4.78 is 0. The van der Waals surface area contributed by atoms with Gasteiger partial charge in [0.25, 0.3) is 0 Å². The van der Waals surface area contributed by atoms with Crippen molar-refractivity contribution in [1.82, 2.24) is 9.80 Å². The smallest absolute Gasteiger partial charge is 0.0334 e. The topological polar surface area (TPSA) is 32.5 Å². The van der Waals surface area contributed by atoms with Crippen LogP contribution in [0, 0.1) is 5.92 Å². The largest absolute Gasteiger partial charge is 0.329 e. The van der Waals surface area contributed by atoms with Crippen molar-refractivity contribution >= 4 is 0 Å². The standard InChI is InChI=1S/C14H31N3/c1-5-17(10-6-9-16(3)4)14(12-15)8-7-13(2)11-14/h13H,5-12,15H2,1-4H3. The second-order valence-corrected chi connectivity index (χ2v) is 6.01. The lowest BCUT2D eigenvalue weighted by atomic mass is 9.93. The molecule has 3 heteroatoms. The molecule has 1 saturated carbocycles. The van der Waals surface area contributed by atoms with Crippen molar-refractivity contribution in [2.45, 2.75) is 45.1 Å². The lowest BCUT2D eigenvalue weighted by molar-refractivity contribution is 0.0976. The Morgan fingerprint density at radius 2 is 2.00 bits per heavy atom. The van der Waals surface area contributed by atoms with Gasteiger partial charge in [-0.1, -0.05) is 13.8 Å². The van der Waals surface area contributed by atoms with E-state index in [9.17, 15) is 0 Å². The summed E-state index contributed by atoms with van der Waals surface area (Å²) in [6.45, 7) is 8.97. The van der Waals surface area contributed by atoms with Gasteiger partial charge in [0, 0.05) is 12.1 Å². The Kier molecular flexibility index (Phi) is 5.90. The van der Waals surface area contributed by atoms with Crippen molar-refractivity contribution in [2.24, 2.45) is 11.7 Å². The van der Waals surface area contributed by atoms with E-state index < -0.39 is 0 Å². The molecule has 0 radical (unpaired) electrons. The van der Waals surface area contributed by atoms with E-state index in [1.165, 1.54) is 38.8 Å². The Morgan fingerprint density at radius 1 is 1.29 bits per heavy atom. The molecule has 0 aromatic rings. The van der Waals surface area contributed by atoms with Crippen LogP contribution in [-0.2, 0) is 0 Å². The normalized spacial score (nSPS) is 29.5. The van der Waals surface area contributed by atoms with Crippen LogP contribution in [0.15, 0.2) is 0 Å². The molecule has 0 amide bonds. The van der Waals surface area contributed by atoms with Crippen LogP contribution in [-0.4, -0.2) is 55.6 Å². The Balaban J connectivity index is 2.52. The van der Waals surface area contributed by atoms with E-state index in [1.807, 2.05) is 0 Å². The summed E-state index contributed by atoms with van der Waals surface area (Å²) in [5, 5.41) is 0. The van der Waals surface area contributed by atoms with Crippen molar-refractivity contribution in [1.29, 1.82) is 0 Å². The van der Waals surface area contributed by atoms with Gasteiger partial charge in [0.2, 0.25) is 0 Å². The van der Waals surface area contributed by atoms with Gasteiger partial charge in [-0.15, -0.1) is 0 Å². The van der Waals surface area contributed by atoms with Crippen LogP contribution in [0.3, 0.4) is 0 Å². The fourth-order valence-corrected chi connectivity index (χ4v) is 3.28. The van der Waals surface area contributed by atoms with Crippen LogP contribution in [0.25, 0.3) is 0 Å². The number of hydrogen-bond acceptors (Lipinski definition) is 3. The average molecular weight is 241 g/mol. The van der Waals surface area contributed by atoms with Crippen LogP contribution in [0.4, 0.5) is 0 Å². The van der Waals surface area contributed by atoms with E-state index in [0.29, 0.717) is 5.54 Å². The summed E-state index contributed by atoms with van der Waals surface area (Å²) in [6.07, 6.45) is 5.18. The number of rotatable bonds is 7. The average Bonchev–Trinajstić information content (AvgIpc) is 2.67. The minimum absolute atomic E-state index is 0.306. The lowest BCUT2D eigenvalue weighted by Gasteiger charge is -2.40. The SMILES string of the molecule is CCN(CCCN(C)C)C1(CN)CCC(C)C1. The molecule has 2 unspecified atom stereocenters. The first-order chi connectivity index (χ1) is 8.04. The first-order valence-electron chi connectivity index (χ1n) is 7.14. The van der Waals surface area contributed by atoms with E-state index in [-0.39, 0.29) is 0 Å². The molecule has 1 aliphatic rings. The molecule has 0 saturated heterocycles. The van der Waals surface area contributed by atoms with Gasteiger partial charge in [0.1, 0.15) is 0 Å². The van der Waals surface area contributed by atoms with Crippen LogP contribution in [0.5, 0.6) is 0 Å². The molecule has 102 valence electrons. The first-order valence-corrected chi connectivity index (χ1v) is 7.14. The highest BCUT2D eigenvalue weighted by molar-refractivity contribution is 4.97. The molecule has 0 spiro atoms. The van der Waals surface area contributed by atoms with E-state index in [1.54, 1.807) is 0 Å². The van der Waals surface area contributed by atoms with Crippen LogP contribution < -0.4 is 5.73 Å². The third-order valence-electron chi connectivity index (χ3n) is 4.30. The monoisotopic (exact) mass is 241 g/mol. The molecule has 2 atom stereocenters. The second kappa shape index (κ2) is 6.72. The minimum atomic E-state index is 0.306. The number of likely N-dealkylation sites (N-methyl/N-ethyl adjacent to an activating group) is 1. The Hall–Kier alpha value is -0.120. The molecule has 17 heavy (non-hydrogen) atoms. The Morgan fingerprint density at radius 3 is 2.41 bits per heavy atom. The van der Waals surface area contributed by atoms with Crippen molar-refractivity contribution in [3.63, 3.8) is 0 Å². The summed E-state index contributed by atoms with van der Waals surface area (Å²) in [6, 6.07) is 0. The molecule has 1 rings (SSSR count). The fraction of sp³-hybridized carbons (Fsp3) is 1.00. The summed E-state index contributed by atoms with van der Waals surface area (Å²) in [5.41, 5.74) is 6.39. The molecule has 0 heterocycles. The van der Waals surface area contributed by atoms with E-state index >= 15 is 0 Å². The number of hydrogen-bond donors (Lipinski definition) is 1. The molecule has 1 fully saturated rings. The summed E-state index contributed by atoms with van der Waals surface area (Å²) >= 11 is 0. The Labute approximate surface area is 107 Å². The van der Waals surface area contributed by atoms with Crippen LogP contribution in [0.1, 0.15) is 39.5 Å². The van der Waals surface area contributed by atoms with Crippen molar-refractivity contribution in [2.75, 3.05) is 40.3 Å². The molecule has 0 aromatic carbocycles. The molecule has 0 bridgehead atoms. The third-order valence-corrected chi connectivity index (χ3v) is 4.30. The summed E-state index contributed by atoms with van der Waals surface area (Å²) in [4.78, 5) is 4.90. The first kappa shape index (κ1) is 14.9. The van der Waals surface area contributed by atoms with Crippen LogP contribution in [0.2, 0.25) is 0 Å². The zero-order chi connectivity index (χ0) is 12.9. The Bertz CT molecular complexity index is 218. The van der Waals surface area contributed by atoms with Crippen molar-refractivity contribution < 1.29 is 0 Å². The van der Waals surface area contributed by atoms with Gasteiger partial charge in [0.05, 0.1) is 0 Å². The van der Waals surface area contributed by atoms with Gasteiger partial charge >= 0.3 is 0 Å². The van der Waals surface area contributed by atoms with E-state index in [2.05, 4.69) is 37.7 Å². The third kappa shape index (κ3) is 3.94. The van der Waals surface area contributed by atoms with Crippen LogP contribution >= 0.6 is 0 Å². The molecule has 2 N–H and O–H groups in total. The highest BCUT2D eigenvalue weighted by atomic mass is 15.2. The van der Waals surface area contributed by atoms with E-state index in [0.717, 1.165) is 19.0 Å². The van der Waals surface area contributed by atoms with Gasteiger partial charge in [-0.25, -0.2) is 0 Å². The van der Waals surface area contributed by atoms with Gasteiger partial charge in [0.15, 0.2) is 0 Å².